The van der Waals surface area contributed by atoms with Crippen molar-refractivity contribution >= 4 is 29.0 Å². The van der Waals surface area contributed by atoms with Crippen molar-refractivity contribution < 1.29 is 14.4 Å². The third-order valence-corrected chi connectivity index (χ3v) is 5.68. The van der Waals surface area contributed by atoms with Gasteiger partial charge in [-0.2, -0.15) is 0 Å². The van der Waals surface area contributed by atoms with Gasteiger partial charge in [0, 0.05) is 38.4 Å². The second-order valence-corrected chi connectivity index (χ2v) is 7.82. The minimum Gasteiger partial charge on any atom is -0.289 e. The van der Waals surface area contributed by atoms with Crippen LogP contribution in [-0.4, -0.2) is 17.3 Å². The molecule has 0 atom stereocenters. The van der Waals surface area contributed by atoms with Gasteiger partial charge in [0.15, 0.2) is 17.3 Å². The summed E-state index contributed by atoms with van der Waals surface area (Å²) in [5.41, 5.74) is 4.04. The zero-order valence-corrected chi connectivity index (χ0v) is 18.1. The number of aryl methyl sites for hydroxylation is 1. The van der Waals surface area contributed by atoms with Crippen molar-refractivity contribution in [2.45, 2.75) is 6.92 Å². The van der Waals surface area contributed by atoms with Crippen LogP contribution in [0.15, 0.2) is 97.1 Å². The zero-order chi connectivity index (χ0) is 22.7. The molecule has 0 unspecified atom stereocenters. The number of benzene rings is 4. The monoisotopic (exact) mass is 438 g/mol. The molecule has 4 heteroatoms. The number of hydrogen-bond donors (Lipinski definition) is 0. The normalized spacial score (nSPS) is 11.7. The third kappa shape index (κ3) is 4.16. The number of ketones is 3. The van der Waals surface area contributed by atoms with Gasteiger partial charge >= 0.3 is 0 Å². The molecule has 4 aromatic rings. The Morgan fingerprint density at radius 3 is 1.47 bits per heavy atom. The van der Waals surface area contributed by atoms with Gasteiger partial charge in [-0.1, -0.05) is 96.5 Å². The van der Waals surface area contributed by atoms with Crippen molar-refractivity contribution in [2.75, 3.05) is 0 Å². The molecule has 0 fully saturated rings. The first kappa shape index (κ1) is 21.4. The van der Waals surface area contributed by atoms with Crippen LogP contribution in [0.4, 0.5) is 0 Å². The van der Waals surface area contributed by atoms with Gasteiger partial charge in [0.05, 0.1) is 0 Å². The van der Waals surface area contributed by atoms with E-state index in [1.807, 2.05) is 67.6 Å². The van der Waals surface area contributed by atoms with Crippen molar-refractivity contribution in [2.24, 2.45) is 0 Å². The van der Waals surface area contributed by atoms with Crippen LogP contribution < -0.4 is 0 Å². The molecule has 0 aliphatic heterocycles. The van der Waals surface area contributed by atoms with Crippen LogP contribution in [0.2, 0.25) is 5.02 Å². The lowest BCUT2D eigenvalue weighted by Crippen LogP contribution is -2.20. The molecule has 0 saturated carbocycles. The number of hydrogen-bond acceptors (Lipinski definition) is 3. The van der Waals surface area contributed by atoms with Gasteiger partial charge in [0.2, 0.25) is 0 Å². The Morgan fingerprint density at radius 1 is 0.594 bits per heavy atom. The summed E-state index contributed by atoms with van der Waals surface area (Å²) in [5, 5.41) is 0.509. The predicted octanol–water partition coefficient (Wildman–Crippen LogP) is 6.34. The van der Waals surface area contributed by atoms with Crippen molar-refractivity contribution in [3.05, 3.63) is 141 Å². The van der Waals surface area contributed by atoms with Gasteiger partial charge in [-0.25, -0.2) is 0 Å². The highest BCUT2D eigenvalue weighted by atomic mass is 35.5. The van der Waals surface area contributed by atoms with E-state index in [0.29, 0.717) is 27.3 Å². The quantitative estimate of drug-likeness (QED) is 0.302. The maximum atomic E-state index is 12.3. The molecule has 0 N–H and O–H groups in total. The highest BCUT2D eigenvalue weighted by Crippen LogP contribution is 2.30. The van der Waals surface area contributed by atoms with Crippen LogP contribution in [0, 0.1) is 6.92 Å². The van der Waals surface area contributed by atoms with Crippen LogP contribution in [0.3, 0.4) is 0 Å². The molecule has 1 aliphatic rings. The van der Waals surface area contributed by atoms with Crippen molar-refractivity contribution in [3.8, 4) is 0 Å². The number of halogens is 1. The van der Waals surface area contributed by atoms with Crippen molar-refractivity contribution in [3.63, 3.8) is 0 Å². The lowest BCUT2D eigenvalue weighted by molar-refractivity contribution is 0.0979. The van der Waals surface area contributed by atoms with Gasteiger partial charge in [0.25, 0.3) is 0 Å². The van der Waals surface area contributed by atoms with Gasteiger partial charge < -0.3 is 0 Å². The summed E-state index contributed by atoms with van der Waals surface area (Å²) < 4.78 is 0. The average molecular weight is 439 g/mol. The Morgan fingerprint density at radius 2 is 1.00 bits per heavy atom. The minimum absolute atomic E-state index is 0.0752. The number of fused-ring (bicyclic) bond motifs is 2. The fourth-order valence-corrected chi connectivity index (χ4v) is 3.74. The van der Waals surface area contributed by atoms with Crippen LogP contribution in [0.25, 0.3) is 0 Å². The lowest BCUT2D eigenvalue weighted by Gasteiger charge is -2.18. The molecular formula is C28H19ClO3. The minimum atomic E-state index is -0.137. The Hall–Kier alpha value is -3.82. The Labute approximate surface area is 191 Å². The largest absolute Gasteiger partial charge is 0.289 e. The van der Waals surface area contributed by atoms with Gasteiger partial charge in [0.1, 0.15) is 0 Å². The van der Waals surface area contributed by atoms with Crippen LogP contribution >= 0.6 is 11.6 Å². The standard InChI is InChI=1S/C15H9ClO2.C13H10O/c1-8-6-11-12(7-13(8)16)15(18)10-5-3-2-4-9(10)14(11)17;14-13(11-7-3-1-4-8-11)12-9-5-2-6-10-12/h2-7H,1H3;1-10H. The van der Waals surface area contributed by atoms with E-state index in [2.05, 4.69) is 0 Å². The Kier molecular flexibility index (Phi) is 6.11. The zero-order valence-electron chi connectivity index (χ0n) is 17.3. The first-order valence-corrected chi connectivity index (χ1v) is 10.5. The van der Waals surface area contributed by atoms with E-state index < -0.39 is 0 Å². The summed E-state index contributed by atoms with van der Waals surface area (Å²) in [7, 11) is 0. The first-order chi connectivity index (χ1) is 15.5. The van der Waals surface area contributed by atoms with Crippen molar-refractivity contribution in [1.29, 1.82) is 0 Å². The molecule has 0 spiro atoms. The molecule has 4 aromatic carbocycles. The summed E-state index contributed by atoms with van der Waals surface area (Å²) in [5.74, 6) is -0.173. The summed E-state index contributed by atoms with van der Waals surface area (Å²) in [6.45, 7) is 1.82. The molecule has 0 radical (unpaired) electrons. The molecule has 0 saturated heterocycles. The van der Waals surface area contributed by atoms with E-state index in [1.165, 1.54) is 0 Å². The van der Waals surface area contributed by atoms with Gasteiger partial charge in [-0.05, 0) is 24.6 Å². The van der Waals surface area contributed by atoms with E-state index in [9.17, 15) is 14.4 Å². The molecule has 156 valence electrons. The fourth-order valence-electron chi connectivity index (χ4n) is 3.57. The number of rotatable bonds is 2. The summed E-state index contributed by atoms with van der Waals surface area (Å²) in [4.78, 5) is 36.5. The molecular weight excluding hydrogens is 420 g/mol. The molecule has 5 rings (SSSR count). The van der Waals surface area contributed by atoms with Crippen LogP contribution in [0.5, 0.6) is 0 Å². The molecule has 0 aromatic heterocycles. The Balaban J connectivity index is 0.000000158. The summed E-state index contributed by atoms with van der Waals surface area (Å²) >= 11 is 6.02. The molecule has 1 aliphatic carbocycles. The molecule has 0 bridgehead atoms. The van der Waals surface area contributed by atoms with E-state index in [1.54, 1.807) is 36.4 Å². The fraction of sp³-hybridized carbons (Fsp3) is 0.0357. The van der Waals surface area contributed by atoms with E-state index in [4.69, 9.17) is 11.6 Å². The molecule has 3 nitrogen and oxygen atoms in total. The number of carbonyl (C=O) groups is 3. The molecule has 0 amide bonds. The van der Waals surface area contributed by atoms with Crippen molar-refractivity contribution in [1.82, 2.24) is 0 Å². The maximum absolute atomic E-state index is 12.3. The average Bonchev–Trinajstić information content (AvgIpc) is 2.85. The van der Waals surface area contributed by atoms with E-state index in [-0.39, 0.29) is 17.3 Å². The predicted molar refractivity (Wildman–Crippen MR) is 126 cm³/mol. The summed E-state index contributed by atoms with van der Waals surface area (Å²) in [6, 6.07) is 28.8. The van der Waals surface area contributed by atoms with Gasteiger partial charge in [-0.3, -0.25) is 14.4 Å². The van der Waals surface area contributed by atoms with Gasteiger partial charge in [-0.15, -0.1) is 0 Å². The molecule has 0 heterocycles. The first-order valence-electron chi connectivity index (χ1n) is 10.1. The number of carbonyl (C=O) groups excluding carboxylic acids is 3. The smallest absolute Gasteiger partial charge is 0.194 e. The third-order valence-electron chi connectivity index (χ3n) is 5.28. The highest BCUT2D eigenvalue weighted by molar-refractivity contribution is 6.34. The second-order valence-electron chi connectivity index (χ2n) is 7.41. The molecule has 32 heavy (non-hydrogen) atoms. The van der Waals surface area contributed by atoms with Crippen LogP contribution in [-0.2, 0) is 0 Å². The Bertz CT molecular complexity index is 1220. The van der Waals surface area contributed by atoms with E-state index >= 15 is 0 Å². The summed E-state index contributed by atoms with van der Waals surface area (Å²) in [6.07, 6.45) is 0. The van der Waals surface area contributed by atoms with Crippen LogP contribution in [0.1, 0.15) is 53.3 Å². The lowest BCUT2D eigenvalue weighted by atomic mass is 9.83. The highest BCUT2D eigenvalue weighted by Gasteiger charge is 2.29. The SMILES string of the molecule is Cc1cc2c(cc1Cl)C(=O)c1ccccc1C2=O.O=C(c1ccccc1)c1ccccc1. The topological polar surface area (TPSA) is 51.2 Å². The second kappa shape index (κ2) is 9.13. The maximum Gasteiger partial charge on any atom is 0.194 e. The van der Waals surface area contributed by atoms with E-state index in [0.717, 1.165) is 16.7 Å².